The second-order valence-electron chi connectivity index (χ2n) is 3.10. The Labute approximate surface area is 87.8 Å². The maximum atomic E-state index is 9.55. The SMILES string of the molecule is NC1CCNCC1.O=C(O)C=CC(=O)O. The summed E-state index contributed by atoms with van der Waals surface area (Å²) in [7, 11) is 0. The summed E-state index contributed by atoms with van der Waals surface area (Å²) in [5.41, 5.74) is 5.59. The van der Waals surface area contributed by atoms with Gasteiger partial charge in [-0.25, -0.2) is 9.59 Å². The fraction of sp³-hybridized carbons (Fsp3) is 0.556. The molecule has 6 nitrogen and oxygen atoms in total. The Balaban J connectivity index is 0.000000262. The predicted octanol–water partition coefficient (Wildman–Crippen LogP) is -0.591. The van der Waals surface area contributed by atoms with Crippen LogP contribution in [0.3, 0.4) is 0 Å². The zero-order chi connectivity index (χ0) is 11.7. The van der Waals surface area contributed by atoms with Gasteiger partial charge in [0, 0.05) is 18.2 Å². The van der Waals surface area contributed by atoms with Gasteiger partial charge < -0.3 is 21.3 Å². The molecule has 1 aliphatic rings. The average molecular weight is 216 g/mol. The van der Waals surface area contributed by atoms with Crippen molar-refractivity contribution in [1.82, 2.24) is 5.32 Å². The summed E-state index contributed by atoms with van der Waals surface area (Å²) in [6.45, 7) is 2.22. The minimum Gasteiger partial charge on any atom is -0.478 e. The maximum absolute atomic E-state index is 9.55. The number of hydrogen-bond donors (Lipinski definition) is 4. The first-order valence-corrected chi connectivity index (χ1v) is 4.62. The van der Waals surface area contributed by atoms with Gasteiger partial charge in [-0.1, -0.05) is 0 Å². The quantitative estimate of drug-likeness (QED) is 0.459. The number of nitrogens with two attached hydrogens (primary N) is 1. The number of hydrogen-bond acceptors (Lipinski definition) is 4. The molecule has 1 fully saturated rings. The van der Waals surface area contributed by atoms with E-state index in [1.54, 1.807) is 0 Å². The van der Waals surface area contributed by atoms with E-state index in [1.165, 1.54) is 0 Å². The summed E-state index contributed by atoms with van der Waals surface area (Å²) < 4.78 is 0. The number of carbonyl (C=O) groups is 2. The normalized spacial score (nSPS) is 16.9. The molecule has 0 amide bonds. The average Bonchev–Trinajstić information content (AvgIpc) is 2.17. The number of rotatable bonds is 2. The van der Waals surface area contributed by atoms with Crippen molar-refractivity contribution in [2.75, 3.05) is 13.1 Å². The van der Waals surface area contributed by atoms with Crippen LogP contribution in [0.1, 0.15) is 12.8 Å². The Kier molecular flexibility index (Phi) is 7.21. The van der Waals surface area contributed by atoms with Gasteiger partial charge in [0.05, 0.1) is 0 Å². The largest absolute Gasteiger partial charge is 0.478 e. The molecule has 0 aromatic carbocycles. The van der Waals surface area contributed by atoms with Crippen molar-refractivity contribution in [1.29, 1.82) is 0 Å². The van der Waals surface area contributed by atoms with Gasteiger partial charge >= 0.3 is 11.9 Å². The lowest BCUT2D eigenvalue weighted by atomic mass is 10.1. The van der Waals surface area contributed by atoms with Crippen molar-refractivity contribution in [2.45, 2.75) is 18.9 Å². The second-order valence-corrected chi connectivity index (χ2v) is 3.10. The molecule has 6 heteroatoms. The molecule has 15 heavy (non-hydrogen) atoms. The molecule has 0 radical (unpaired) electrons. The van der Waals surface area contributed by atoms with Gasteiger partial charge in [0.1, 0.15) is 0 Å². The van der Waals surface area contributed by atoms with Crippen LogP contribution in [0.5, 0.6) is 0 Å². The van der Waals surface area contributed by atoms with Gasteiger partial charge in [0.15, 0.2) is 0 Å². The first kappa shape index (κ1) is 13.6. The fourth-order valence-corrected chi connectivity index (χ4v) is 0.987. The molecule has 0 spiro atoms. The highest BCUT2D eigenvalue weighted by atomic mass is 16.4. The van der Waals surface area contributed by atoms with Crippen molar-refractivity contribution in [3.05, 3.63) is 12.2 Å². The molecule has 0 atom stereocenters. The molecular weight excluding hydrogens is 200 g/mol. The molecule has 0 saturated carbocycles. The molecule has 0 aromatic rings. The first-order valence-electron chi connectivity index (χ1n) is 4.62. The van der Waals surface area contributed by atoms with Gasteiger partial charge in [-0.15, -0.1) is 0 Å². The van der Waals surface area contributed by atoms with Crippen LogP contribution in [0.2, 0.25) is 0 Å². The standard InChI is InChI=1S/C5H12N2.C4H4O4/c6-5-1-3-7-4-2-5;5-3(6)1-2-4(7)8/h5,7H,1-4,6H2;1-2H,(H,5,6)(H,7,8). The lowest BCUT2D eigenvalue weighted by Crippen LogP contribution is -2.35. The van der Waals surface area contributed by atoms with Crippen LogP contribution in [-0.4, -0.2) is 41.3 Å². The third-order valence-corrected chi connectivity index (χ3v) is 1.75. The molecular formula is C9H16N2O4. The summed E-state index contributed by atoms with van der Waals surface area (Å²) in [5.74, 6) is -2.51. The monoisotopic (exact) mass is 216 g/mol. The van der Waals surface area contributed by atoms with E-state index in [-0.39, 0.29) is 0 Å². The predicted molar refractivity (Wildman–Crippen MR) is 54.5 cm³/mol. The van der Waals surface area contributed by atoms with Crippen molar-refractivity contribution in [2.24, 2.45) is 5.73 Å². The lowest BCUT2D eigenvalue weighted by Gasteiger charge is -2.17. The van der Waals surface area contributed by atoms with Crippen molar-refractivity contribution >= 4 is 11.9 Å². The smallest absolute Gasteiger partial charge is 0.328 e. The molecule has 0 aromatic heterocycles. The van der Waals surface area contributed by atoms with E-state index in [4.69, 9.17) is 15.9 Å². The van der Waals surface area contributed by atoms with Crippen LogP contribution in [-0.2, 0) is 9.59 Å². The summed E-state index contributed by atoms with van der Waals surface area (Å²) in [6.07, 6.45) is 3.42. The minimum atomic E-state index is -1.26. The summed E-state index contributed by atoms with van der Waals surface area (Å²) in [4.78, 5) is 19.1. The highest BCUT2D eigenvalue weighted by Gasteiger charge is 2.05. The second kappa shape index (κ2) is 7.95. The Morgan fingerprint density at radius 2 is 1.53 bits per heavy atom. The number of piperidine rings is 1. The maximum Gasteiger partial charge on any atom is 0.328 e. The third kappa shape index (κ3) is 10.5. The van der Waals surface area contributed by atoms with E-state index in [0.717, 1.165) is 25.9 Å². The number of nitrogens with one attached hydrogen (secondary N) is 1. The zero-order valence-corrected chi connectivity index (χ0v) is 8.35. The number of carboxylic acids is 2. The van der Waals surface area contributed by atoms with Gasteiger partial charge in [0.25, 0.3) is 0 Å². The van der Waals surface area contributed by atoms with Gasteiger partial charge in [-0.3, -0.25) is 0 Å². The Hall–Kier alpha value is -1.40. The molecule has 0 bridgehead atoms. The topological polar surface area (TPSA) is 113 Å². The number of carboxylic acid groups (broad SMARTS) is 2. The molecule has 0 unspecified atom stereocenters. The highest BCUT2D eigenvalue weighted by molar-refractivity contribution is 5.89. The molecule has 1 heterocycles. The summed E-state index contributed by atoms with van der Waals surface area (Å²) in [6, 6.07) is 0.473. The van der Waals surface area contributed by atoms with Crippen molar-refractivity contribution < 1.29 is 19.8 Å². The zero-order valence-electron chi connectivity index (χ0n) is 8.35. The number of aliphatic carboxylic acids is 2. The molecule has 0 aliphatic carbocycles. The van der Waals surface area contributed by atoms with Crippen LogP contribution in [0.25, 0.3) is 0 Å². The van der Waals surface area contributed by atoms with Crippen LogP contribution in [0.4, 0.5) is 0 Å². The van der Waals surface area contributed by atoms with Crippen LogP contribution in [0.15, 0.2) is 12.2 Å². The van der Waals surface area contributed by atoms with E-state index in [2.05, 4.69) is 5.32 Å². The van der Waals surface area contributed by atoms with E-state index >= 15 is 0 Å². The van der Waals surface area contributed by atoms with Crippen LogP contribution >= 0.6 is 0 Å². The van der Waals surface area contributed by atoms with Crippen molar-refractivity contribution in [3.8, 4) is 0 Å². The highest BCUT2D eigenvalue weighted by Crippen LogP contribution is 1.96. The van der Waals surface area contributed by atoms with Crippen LogP contribution in [0, 0.1) is 0 Å². The van der Waals surface area contributed by atoms with Gasteiger partial charge in [-0.05, 0) is 25.9 Å². The van der Waals surface area contributed by atoms with E-state index in [9.17, 15) is 9.59 Å². The van der Waals surface area contributed by atoms with E-state index in [1.807, 2.05) is 0 Å². The molecule has 1 saturated heterocycles. The van der Waals surface area contributed by atoms with E-state index in [0.29, 0.717) is 18.2 Å². The minimum absolute atomic E-state index is 0.473. The third-order valence-electron chi connectivity index (χ3n) is 1.75. The molecule has 86 valence electrons. The van der Waals surface area contributed by atoms with Gasteiger partial charge in [0.2, 0.25) is 0 Å². The molecule has 1 aliphatic heterocycles. The Bertz CT molecular complexity index is 218. The van der Waals surface area contributed by atoms with Crippen molar-refractivity contribution in [3.63, 3.8) is 0 Å². The Morgan fingerprint density at radius 3 is 1.73 bits per heavy atom. The molecule has 5 N–H and O–H groups in total. The lowest BCUT2D eigenvalue weighted by molar-refractivity contribution is -0.134. The summed E-state index contributed by atoms with van der Waals surface area (Å²) in [5, 5.41) is 18.9. The van der Waals surface area contributed by atoms with Crippen LogP contribution < -0.4 is 11.1 Å². The molecule has 1 rings (SSSR count). The van der Waals surface area contributed by atoms with E-state index < -0.39 is 11.9 Å². The van der Waals surface area contributed by atoms with Gasteiger partial charge in [-0.2, -0.15) is 0 Å². The fourth-order valence-electron chi connectivity index (χ4n) is 0.987. The summed E-state index contributed by atoms with van der Waals surface area (Å²) >= 11 is 0. The Morgan fingerprint density at radius 1 is 1.13 bits per heavy atom. The first-order chi connectivity index (χ1) is 7.02.